The first-order valence-electron chi connectivity index (χ1n) is 14.5. The molecule has 2 unspecified atom stereocenters. The fourth-order valence-electron chi connectivity index (χ4n) is 5.97. The first-order chi connectivity index (χ1) is 19.9. The van der Waals surface area contributed by atoms with Crippen molar-refractivity contribution in [2.75, 3.05) is 20.3 Å². The van der Waals surface area contributed by atoms with Gasteiger partial charge in [0.05, 0.1) is 30.3 Å². The van der Waals surface area contributed by atoms with Crippen LogP contribution in [0.15, 0.2) is 66.6 Å². The average molecular weight is 560 g/mol. The minimum absolute atomic E-state index is 0.0213. The Labute approximate surface area is 241 Å². The molecule has 0 spiro atoms. The minimum atomic E-state index is -0.516. The maximum absolute atomic E-state index is 12.9. The van der Waals surface area contributed by atoms with E-state index in [9.17, 15) is 4.79 Å². The molecular weight excluding hydrogens is 518 g/mol. The van der Waals surface area contributed by atoms with E-state index in [1.807, 2.05) is 24.3 Å². The molecule has 9 heteroatoms. The van der Waals surface area contributed by atoms with Crippen molar-refractivity contribution in [3.05, 3.63) is 77.9 Å². The van der Waals surface area contributed by atoms with Crippen molar-refractivity contribution in [1.82, 2.24) is 14.8 Å². The molecule has 0 aliphatic heterocycles. The molecule has 3 atom stereocenters. The van der Waals surface area contributed by atoms with E-state index < -0.39 is 5.97 Å². The fraction of sp³-hybridized carbons (Fsp3) is 0.438. The van der Waals surface area contributed by atoms with Crippen LogP contribution in [0.5, 0.6) is 5.75 Å². The van der Waals surface area contributed by atoms with E-state index in [0.717, 1.165) is 34.7 Å². The number of aliphatic hydroxyl groups is 1. The number of carbonyl (C=O) groups excluding carboxylic acids is 1. The number of aliphatic hydroxyl groups excluding tert-OH is 1. The number of ether oxygens (including phenoxy) is 2. The van der Waals surface area contributed by atoms with Crippen molar-refractivity contribution in [2.45, 2.75) is 57.5 Å². The number of hydrogen-bond acceptors (Lipinski definition) is 8. The fourth-order valence-corrected chi connectivity index (χ4v) is 5.97. The van der Waals surface area contributed by atoms with Gasteiger partial charge in [0.15, 0.2) is 0 Å². The second-order valence-electron chi connectivity index (χ2n) is 11.3. The molecule has 3 aromatic rings. The van der Waals surface area contributed by atoms with Crippen LogP contribution in [0, 0.1) is 11.8 Å². The van der Waals surface area contributed by atoms with Crippen molar-refractivity contribution in [1.29, 1.82) is 0 Å². The molecule has 2 aliphatic rings. The number of hydrazine groups is 1. The standard InChI is InChI=1S/C32H41N5O4/c1-21(22-8-4-3-5-9-22)41-26-13-7-11-24(17-26)23-10-6-12-25(16-23)37-31(28-18-27(28)30(33)20-36(2)34)29(19-35-37)32(39)40-15-14-38/h6-7,10-13,16-17,19-22,27-28,38H,3-5,8-9,14-15,18,33-34H2,1-2H3/b30-20-/t21?,27?,28-/m1/s1. The number of nitrogens with two attached hydrogens (primary N) is 2. The van der Waals surface area contributed by atoms with Crippen LogP contribution in [0.25, 0.3) is 16.8 Å². The van der Waals surface area contributed by atoms with E-state index in [2.05, 4.69) is 36.3 Å². The van der Waals surface area contributed by atoms with E-state index in [0.29, 0.717) is 17.2 Å². The molecule has 5 rings (SSSR count). The molecule has 9 nitrogen and oxygen atoms in total. The smallest absolute Gasteiger partial charge is 0.341 e. The van der Waals surface area contributed by atoms with Crippen LogP contribution in [0.2, 0.25) is 0 Å². The van der Waals surface area contributed by atoms with Gasteiger partial charge in [-0.05, 0) is 67.5 Å². The van der Waals surface area contributed by atoms with Crippen LogP contribution in [-0.4, -0.2) is 52.2 Å². The second-order valence-corrected chi connectivity index (χ2v) is 11.3. The summed E-state index contributed by atoms with van der Waals surface area (Å²) in [6.45, 7) is 1.86. The number of carbonyl (C=O) groups is 1. The summed E-state index contributed by atoms with van der Waals surface area (Å²) >= 11 is 0. The lowest BCUT2D eigenvalue weighted by atomic mass is 9.86. The SMILES string of the molecule is CC(Oc1cccc(-c2cccc(-n3ncc(C(=O)OCCO)c3[C@@H]3CC3/C(N)=C/N(C)N)c2)c1)C1CCCCC1. The number of allylic oxidation sites excluding steroid dienone is 1. The summed E-state index contributed by atoms with van der Waals surface area (Å²) in [6.07, 6.45) is 10.5. The van der Waals surface area contributed by atoms with Gasteiger partial charge in [0.1, 0.15) is 17.9 Å². The summed E-state index contributed by atoms with van der Waals surface area (Å²) in [5, 5.41) is 15.2. The van der Waals surface area contributed by atoms with Gasteiger partial charge in [-0.2, -0.15) is 5.10 Å². The number of aromatic nitrogens is 2. The number of benzene rings is 2. The molecule has 0 radical (unpaired) electrons. The molecule has 5 N–H and O–H groups in total. The second kappa shape index (κ2) is 12.8. The van der Waals surface area contributed by atoms with E-state index >= 15 is 0 Å². The number of esters is 1. The highest BCUT2D eigenvalue weighted by molar-refractivity contribution is 5.91. The lowest BCUT2D eigenvalue weighted by molar-refractivity contribution is 0.0432. The zero-order valence-electron chi connectivity index (χ0n) is 23.9. The predicted octanol–water partition coefficient (Wildman–Crippen LogP) is 4.75. The summed E-state index contributed by atoms with van der Waals surface area (Å²) in [5.74, 6) is 6.74. The van der Waals surface area contributed by atoms with Crippen molar-refractivity contribution in [3.63, 3.8) is 0 Å². The van der Waals surface area contributed by atoms with Gasteiger partial charge in [-0.3, -0.25) is 0 Å². The van der Waals surface area contributed by atoms with Crippen molar-refractivity contribution in [3.8, 4) is 22.6 Å². The van der Waals surface area contributed by atoms with E-state index in [1.54, 1.807) is 17.9 Å². The van der Waals surface area contributed by atoms with E-state index in [-0.39, 0.29) is 31.2 Å². The van der Waals surface area contributed by atoms with Crippen LogP contribution in [0.3, 0.4) is 0 Å². The summed E-state index contributed by atoms with van der Waals surface area (Å²) < 4.78 is 13.5. The highest BCUT2D eigenvalue weighted by atomic mass is 16.5. The summed E-state index contributed by atoms with van der Waals surface area (Å²) in [7, 11) is 1.72. The molecule has 2 aliphatic carbocycles. The van der Waals surface area contributed by atoms with Gasteiger partial charge in [-0.15, -0.1) is 0 Å². The molecule has 0 bridgehead atoms. The quantitative estimate of drug-likeness (QED) is 0.174. The molecule has 41 heavy (non-hydrogen) atoms. The van der Waals surface area contributed by atoms with Crippen molar-refractivity contribution in [2.24, 2.45) is 23.4 Å². The molecule has 218 valence electrons. The Morgan fingerprint density at radius 3 is 2.63 bits per heavy atom. The molecule has 1 heterocycles. The van der Waals surface area contributed by atoms with Gasteiger partial charge in [0.2, 0.25) is 0 Å². The molecule has 0 amide bonds. The third-order valence-electron chi connectivity index (χ3n) is 8.17. The first kappa shape index (κ1) is 28.7. The summed E-state index contributed by atoms with van der Waals surface area (Å²) in [6, 6.07) is 16.3. The van der Waals surface area contributed by atoms with Gasteiger partial charge in [0.25, 0.3) is 0 Å². The van der Waals surface area contributed by atoms with Crippen LogP contribution in [0.1, 0.15) is 67.4 Å². The minimum Gasteiger partial charge on any atom is -0.490 e. The third-order valence-corrected chi connectivity index (χ3v) is 8.17. The highest BCUT2D eigenvalue weighted by Gasteiger charge is 2.45. The van der Waals surface area contributed by atoms with Gasteiger partial charge in [-0.1, -0.05) is 43.5 Å². The van der Waals surface area contributed by atoms with Gasteiger partial charge < -0.3 is 25.3 Å². The van der Waals surface area contributed by atoms with Crippen LogP contribution >= 0.6 is 0 Å². The average Bonchev–Trinajstić information content (AvgIpc) is 3.66. The highest BCUT2D eigenvalue weighted by Crippen LogP contribution is 2.52. The number of hydrogen-bond donors (Lipinski definition) is 3. The van der Waals surface area contributed by atoms with Crippen molar-refractivity contribution >= 4 is 5.97 Å². The lowest BCUT2D eigenvalue weighted by Crippen LogP contribution is -2.25. The summed E-state index contributed by atoms with van der Waals surface area (Å²) in [4.78, 5) is 12.9. The molecule has 2 saturated carbocycles. The largest absolute Gasteiger partial charge is 0.490 e. The number of rotatable bonds is 11. The Morgan fingerprint density at radius 2 is 1.90 bits per heavy atom. The molecule has 0 saturated heterocycles. The summed E-state index contributed by atoms with van der Waals surface area (Å²) in [5.41, 5.74) is 11.0. The van der Waals surface area contributed by atoms with Crippen LogP contribution < -0.4 is 16.3 Å². The molecular formula is C32H41N5O4. The Bertz CT molecular complexity index is 1380. The molecule has 2 fully saturated rings. The van der Waals surface area contributed by atoms with E-state index in [4.69, 9.17) is 26.2 Å². The van der Waals surface area contributed by atoms with Gasteiger partial charge in [0, 0.05) is 30.8 Å². The van der Waals surface area contributed by atoms with Gasteiger partial charge in [-0.25, -0.2) is 15.3 Å². The van der Waals surface area contributed by atoms with Gasteiger partial charge >= 0.3 is 5.97 Å². The monoisotopic (exact) mass is 559 g/mol. The Balaban J connectivity index is 1.43. The predicted molar refractivity (Wildman–Crippen MR) is 158 cm³/mol. The van der Waals surface area contributed by atoms with Crippen LogP contribution in [-0.2, 0) is 4.74 Å². The van der Waals surface area contributed by atoms with Crippen molar-refractivity contribution < 1.29 is 19.4 Å². The first-order valence-corrected chi connectivity index (χ1v) is 14.5. The normalized spacial score (nSPS) is 20.0. The maximum Gasteiger partial charge on any atom is 0.341 e. The zero-order valence-corrected chi connectivity index (χ0v) is 23.9. The number of nitrogens with zero attached hydrogens (tertiary/aromatic N) is 3. The zero-order chi connectivity index (χ0) is 28.9. The Kier molecular flexibility index (Phi) is 8.95. The maximum atomic E-state index is 12.9. The lowest BCUT2D eigenvalue weighted by Gasteiger charge is -2.28. The third kappa shape index (κ3) is 6.74. The van der Waals surface area contributed by atoms with E-state index in [1.165, 1.54) is 43.3 Å². The molecule has 2 aromatic carbocycles. The van der Waals surface area contributed by atoms with Crippen LogP contribution in [0.4, 0.5) is 0 Å². The Hall–Kier alpha value is -3.82. The Morgan fingerprint density at radius 1 is 1.17 bits per heavy atom. The topological polar surface area (TPSA) is 129 Å². The molecule has 1 aromatic heterocycles.